The molecule has 0 atom stereocenters. The van der Waals surface area contributed by atoms with E-state index in [1.54, 1.807) is 11.3 Å². The Balaban J connectivity index is 1.46. The van der Waals surface area contributed by atoms with Crippen molar-refractivity contribution < 1.29 is 9.18 Å². The lowest BCUT2D eigenvalue weighted by atomic mass is 9.96. The fourth-order valence-electron chi connectivity index (χ4n) is 3.70. The number of carbonyl (C=O) groups excluding carboxylic acids is 1. The van der Waals surface area contributed by atoms with Crippen LogP contribution in [0.25, 0.3) is 10.4 Å². The summed E-state index contributed by atoms with van der Waals surface area (Å²) in [7, 11) is 0. The fourth-order valence-corrected chi connectivity index (χ4v) is 4.68. The van der Waals surface area contributed by atoms with Gasteiger partial charge in [-0.25, -0.2) is 13.9 Å². The van der Waals surface area contributed by atoms with Gasteiger partial charge in [-0.05, 0) is 66.3 Å². The zero-order chi connectivity index (χ0) is 22.0. The Hall–Kier alpha value is -3.04. The first kappa shape index (κ1) is 21.2. The van der Waals surface area contributed by atoms with E-state index in [-0.39, 0.29) is 24.7 Å². The predicted molar refractivity (Wildman–Crippen MR) is 120 cm³/mol. The topological polar surface area (TPSA) is 94.9 Å². The maximum Gasteiger partial charge on any atom is 0.346 e. The van der Waals surface area contributed by atoms with E-state index in [0.29, 0.717) is 31.3 Å². The van der Waals surface area contributed by atoms with Gasteiger partial charge >= 0.3 is 5.69 Å². The zero-order valence-electron chi connectivity index (χ0n) is 17.2. The van der Waals surface area contributed by atoms with E-state index in [0.717, 1.165) is 33.0 Å². The third kappa shape index (κ3) is 4.52. The Kier molecular flexibility index (Phi) is 6.15. The van der Waals surface area contributed by atoms with Crippen molar-refractivity contribution in [2.45, 2.75) is 39.3 Å². The summed E-state index contributed by atoms with van der Waals surface area (Å²) in [6.07, 6.45) is 3.87. The van der Waals surface area contributed by atoms with Crippen LogP contribution in [0.2, 0.25) is 0 Å². The molecule has 7 nitrogen and oxygen atoms in total. The van der Waals surface area contributed by atoms with Crippen LogP contribution in [-0.4, -0.2) is 26.8 Å². The smallest absolute Gasteiger partial charge is 0.327 e. The summed E-state index contributed by atoms with van der Waals surface area (Å²) in [6.45, 7) is 2.61. The monoisotopic (exact) mass is 441 g/mol. The first-order valence-electron chi connectivity index (χ1n) is 10.1. The fraction of sp³-hybridized carbons (Fsp3) is 0.318. The molecule has 3 N–H and O–H groups in total. The van der Waals surface area contributed by atoms with Gasteiger partial charge in [0.25, 0.3) is 0 Å². The minimum absolute atomic E-state index is 0.0440. The van der Waals surface area contributed by atoms with Crippen molar-refractivity contribution in [3.63, 3.8) is 0 Å². The average Bonchev–Trinajstić information content (AvgIpc) is 3.38. The normalized spacial score (nSPS) is 13.9. The summed E-state index contributed by atoms with van der Waals surface area (Å²) in [6, 6.07) is 8.42. The summed E-state index contributed by atoms with van der Waals surface area (Å²) in [5, 5.41) is 7.02. The van der Waals surface area contributed by atoms with Crippen molar-refractivity contribution in [3.8, 4) is 10.4 Å². The second-order valence-electron chi connectivity index (χ2n) is 7.63. The number of aromatic nitrogens is 3. The Bertz CT molecular complexity index is 1210. The number of benzene rings is 1. The molecule has 0 fully saturated rings. The summed E-state index contributed by atoms with van der Waals surface area (Å²) < 4.78 is 15.5. The molecule has 31 heavy (non-hydrogen) atoms. The Morgan fingerprint density at radius 1 is 1.32 bits per heavy atom. The van der Waals surface area contributed by atoms with Crippen LogP contribution in [0.4, 0.5) is 10.1 Å². The van der Waals surface area contributed by atoms with E-state index >= 15 is 0 Å². The molecule has 0 saturated heterocycles. The quantitative estimate of drug-likeness (QED) is 0.589. The maximum absolute atomic E-state index is 12.7. The highest BCUT2D eigenvalue weighted by atomic mass is 32.1. The summed E-state index contributed by atoms with van der Waals surface area (Å²) in [5.74, 6) is 0.0697. The highest BCUT2D eigenvalue weighted by Gasteiger charge is 2.18. The minimum atomic E-state index is -0.281. The Labute approximate surface area is 183 Å². The number of anilines is 1. The summed E-state index contributed by atoms with van der Waals surface area (Å²) in [5.41, 5.74) is 9.80. The third-order valence-electron chi connectivity index (χ3n) is 5.41. The molecule has 2 aromatic heterocycles. The van der Waals surface area contributed by atoms with Crippen molar-refractivity contribution >= 4 is 22.9 Å². The van der Waals surface area contributed by atoms with Gasteiger partial charge in [0.1, 0.15) is 6.33 Å². The first-order chi connectivity index (χ1) is 15.0. The molecule has 1 aliphatic heterocycles. The molecule has 3 heterocycles. The molecule has 0 aliphatic carbocycles. The number of nitrogens with one attached hydrogen (secondary N) is 1. The lowest BCUT2D eigenvalue weighted by Gasteiger charge is -2.20. The number of hydrogen-bond acceptors (Lipinski definition) is 5. The highest BCUT2D eigenvalue weighted by molar-refractivity contribution is 7.15. The second-order valence-corrected chi connectivity index (χ2v) is 8.80. The maximum atomic E-state index is 12.7. The molecule has 162 valence electrons. The van der Waals surface area contributed by atoms with Gasteiger partial charge in [0.05, 0.1) is 12.9 Å². The van der Waals surface area contributed by atoms with Gasteiger partial charge in [0.15, 0.2) is 0 Å². The van der Waals surface area contributed by atoms with Crippen LogP contribution >= 0.6 is 11.3 Å². The largest absolute Gasteiger partial charge is 0.346 e. The van der Waals surface area contributed by atoms with Crippen molar-refractivity contribution in [1.29, 1.82) is 0 Å². The summed E-state index contributed by atoms with van der Waals surface area (Å²) >= 11 is 1.69. The molecule has 1 aliphatic rings. The minimum Gasteiger partial charge on any atom is -0.327 e. The van der Waals surface area contributed by atoms with Gasteiger partial charge in [0, 0.05) is 35.0 Å². The van der Waals surface area contributed by atoms with Crippen molar-refractivity contribution in [2.24, 2.45) is 5.73 Å². The predicted octanol–water partition coefficient (Wildman–Crippen LogP) is 3.02. The molecule has 0 radical (unpaired) electrons. The second kappa shape index (κ2) is 8.99. The lowest BCUT2D eigenvalue weighted by molar-refractivity contribution is -0.116. The Morgan fingerprint density at radius 3 is 2.94 bits per heavy atom. The lowest BCUT2D eigenvalue weighted by Crippen LogP contribution is -2.27. The van der Waals surface area contributed by atoms with Crippen molar-refractivity contribution in [1.82, 2.24) is 14.3 Å². The average molecular weight is 442 g/mol. The van der Waals surface area contributed by atoms with Crippen LogP contribution in [0, 0.1) is 6.92 Å². The number of aryl methyl sites for hydroxylation is 4. The van der Waals surface area contributed by atoms with E-state index in [9.17, 15) is 14.0 Å². The molecule has 9 heteroatoms. The number of halogens is 1. The molecule has 0 unspecified atom stereocenters. The highest BCUT2D eigenvalue weighted by Crippen LogP contribution is 2.35. The molecular weight excluding hydrogens is 417 g/mol. The molecule has 0 bridgehead atoms. The standard InChI is InChI=1S/C22H24FN5O2S/c1-14-8-17(9-16-2-5-20(29)26-21(14)16)19-4-3-18(31-19)6-7-27-13-25-28(22(27)30)12-15(10-23)11-24/h3-4,8-10,13H,2,5-7,11-12,24H2,1H3,(H,26,29)/b15-10+. The van der Waals surface area contributed by atoms with Crippen LogP contribution in [0.15, 0.2) is 47.3 Å². The molecule has 1 aromatic carbocycles. The van der Waals surface area contributed by atoms with E-state index in [1.165, 1.54) is 21.1 Å². The van der Waals surface area contributed by atoms with Gasteiger partial charge in [-0.15, -0.1) is 11.3 Å². The number of amides is 1. The van der Waals surface area contributed by atoms with Gasteiger partial charge in [-0.2, -0.15) is 5.10 Å². The van der Waals surface area contributed by atoms with E-state index < -0.39 is 0 Å². The van der Waals surface area contributed by atoms with Crippen LogP contribution in [-0.2, 0) is 30.7 Å². The molecule has 0 spiro atoms. The molecule has 1 amide bonds. The number of fused-ring (bicyclic) bond motifs is 1. The number of thiophene rings is 1. The number of rotatable bonds is 7. The van der Waals surface area contributed by atoms with E-state index in [4.69, 9.17) is 5.73 Å². The van der Waals surface area contributed by atoms with Gasteiger partial charge in [0.2, 0.25) is 5.91 Å². The van der Waals surface area contributed by atoms with Gasteiger partial charge < -0.3 is 11.1 Å². The molecular formula is C22H24FN5O2S. The first-order valence-corrected chi connectivity index (χ1v) is 10.9. The molecule has 0 saturated carbocycles. The molecule has 4 rings (SSSR count). The van der Waals surface area contributed by atoms with Crippen LogP contribution in [0.1, 0.15) is 22.4 Å². The van der Waals surface area contributed by atoms with Crippen LogP contribution < -0.4 is 16.7 Å². The number of nitrogens with zero attached hydrogens (tertiary/aromatic N) is 3. The molecule has 3 aromatic rings. The van der Waals surface area contributed by atoms with Crippen molar-refractivity contribution in [2.75, 3.05) is 11.9 Å². The number of carbonyl (C=O) groups is 1. The number of nitrogens with two attached hydrogens (primary N) is 1. The van der Waals surface area contributed by atoms with E-state index in [1.807, 2.05) is 6.92 Å². The Morgan fingerprint density at radius 2 is 2.16 bits per heavy atom. The third-order valence-corrected chi connectivity index (χ3v) is 6.61. The zero-order valence-corrected chi connectivity index (χ0v) is 18.0. The van der Waals surface area contributed by atoms with Crippen molar-refractivity contribution in [3.05, 3.63) is 69.0 Å². The van der Waals surface area contributed by atoms with Crippen LogP contribution in [0.5, 0.6) is 0 Å². The summed E-state index contributed by atoms with van der Waals surface area (Å²) in [4.78, 5) is 26.4. The SMILES string of the molecule is Cc1cc(-c2ccc(CCn3cnn(C/C(=C/F)CN)c3=O)s2)cc2c1NC(=O)CC2. The van der Waals surface area contributed by atoms with Gasteiger partial charge in [-0.1, -0.05) is 0 Å². The van der Waals surface area contributed by atoms with E-state index in [2.05, 4.69) is 34.7 Å². The van der Waals surface area contributed by atoms with Gasteiger partial charge in [-0.3, -0.25) is 9.36 Å². The number of hydrogen-bond donors (Lipinski definition) is 2. The van der Waals surface area contributed by atoms with Crippen LogP contribution in [0.3, 0.4) is 0 Å².